The molecule has 2 N–H and O–H groups in total. The van der Waals surface area contributed by atoms with Gasteiger partial charge >= 0.3 is 0 Å². The lowest BCUT2D eigenvalue weighted by molar-refractivity contribution is -0.118. The van der Waals surface area contributed by atoms with Crippen molar-refractivity contribution < 1.29 is 9.59 Å². The van der Waals surface area contributed by atoms with E-state index in [0.29, 0.717) is 11.4 Å². The molecule has 0 saturated carbocycles. The average molecular weight is 494 g/mol. The van der Waals surface area contributed by atoms with Gasteiger partial charge in [-0.3, -0.25) is 19.3 Å². The Morgan fingerprint density at radius 2 is 1.78 bits per heavy atom. The molecule has 2 heterocycles. The highest BCUT2D eigenvalue weighted by molar-refractivity contribution is 6.01. The maximum Gasteiger partial charge on any atom is 0.270 e. The van der Waals surface area contributed by atoms with Gasteiger partial charge in [0.1, 0.15) is 11.7 Å². The minimum absolute atomic E-state index is 0.123. The van der Waals surface area contributed by atoms with Crippen molar-refractivity contribution in [3.05, 3.63) is 101 Å². The molecule has 2 amide bonds. The fraction of sp³-hybridized carbons (Fsp3) is 0.267. The third kappa shape index (κ3) is 5.03. The number of carbonyl (C=O) groups excluding carboxylic acids is 2. The standard InChI is InChI=1S/C30H31N5O2/c1-19-15-17-31-20(2)27(19)22-11-13-23(14-12-22)33-30(37)28(34-29(36)26-16-18-32-35(26)3)25-10-6-8-21-7-4-5-9-24(21)25/h4-5,7,9,11-18,25,28H,6,8,10H2,1-3H3,(H,33,37)(H,34,36)/t25-,28-/m0/s1. The molecule has 1 aliphatic rings. The summed E-state index contributed by atoms with van der Waals surface area (Å²) in [5.74, 6) is -0.679. The number of fused-ring (bicyclic) bond motifs is 1. The highest BCUT2D eigenvalue weighted by atomic mass is 16.2. The second-order valence-electron chi connectivity index (χ2n) is 9.64. The number of nitrogens with one attached hydrogen (secondary N) is 2. The molecule has 4 aromatic rings. The second-order valence-corrected chi connectivity index (χ2v) is 9.64. The molecule has 7 nitrogen and oxygen atoms in total. The van der Waals surface area contributed by atoms with Crippen LogP contribution in [0.1, 0.15) is 51.6 Å². The molecule has 0 fully saturated rings. The Bertz CT molecular complexity index is 1420. The number of amides is 2. The Morgan fingerprint density at radius 3 is 2.51 bits per heavy atom. The number of aromatic nitrogens is 3. The van der Waals surface area contributed by atoms with Crippen LogP contribution in [-0.2, 0) is 18.3 Å². The quantitative estimate of drug-likeness (QED) is 0.398. The first-order valence-corrected chi connectivity index (χ1v) is 12.6. The van der Waals surface area contributed by atoms with Gasteiger partial charge in [0.2, 0.25) is 5.91 Å². The average Bonchev–Trinajstić information content (AvgIpc) is 3.33. The molecule has 0 bridgehead atoms. The minimum atomic E-state index is -0.730. The summed E-state index contributed by atoms with van der Waals surface area (Å²) in [6, 6.07) is 18.9. The van der Waals surface area contributed by atoms with Gasteiger partial charge in [0.25, 0.3) is 5.91 Å². The molecule has 37 heavy (non-hydrogen) atoms. The van der Waals surface area contributed by atoms with Crippen LogP contribution in [0.15, 0.2) is 73.1 Å². The van der Waals surface area contributed by atoms with Crippen molar-refractivity contribution in [2.45, 2.75) is 45.1 Å². The van der Waals surface area contributed by atoms with Crippen LogP contribution in [0.3, 0.4) is 0 Å². The van der Waals surface area contributed by atoms with E-state index >= 15 is 0 Å². The van der Waals surface area contributed by atoms with Crippen molar-refractivity contribution in [2.75, 3.05) is 5.32 Å². The van der Waals surface area contributed by atoms with E-state index in [0.717, 1.165) is 47.2 Å². The number of rotatable bonds is 6. The van der Waals surface area contributed by atoms with E-state index < -0.39 is 6.04 Å². The highest BCUT2D eigenvalue weighted by Gasteiger charge is 2.34. The highest BCUT2D eigenvalue weighted by Crippen LogP contribution is 2.35. The van der Waals surface area contributed by atoms with Gasteiger partial charge in [0, 0.05) is 42.3 Å². The maximum atomic E-state index is 13.7. The van der Waals surface area contributed by atoms with Crippen molar-refractivity contribution in [3.63, 3.8) is 0 Å². The maximum absolute atomic E-state index is 13.7. The Hall–Kier alpha value is -4.26. The fourth-order valence-corrected chi connectivity index (χ4v) is 5.37. The Morgan fingerprint density at radius 1 is 1.00 bits per heavy atom. The summed E-state index contributed by atoms with van der Waals surface area (Å²) in [6.45, 7) is 4.06. The van der Waals surface area contributed by atoms with Gasteiger partial charge in [-0.05, 0) is 79.6 Å². The van der Waals surface area contributed by atoms with Crippen LogP contribution in [0.25, 0.3) is 11.1 Å². The molecule has 2 aromatic carbocycles. The van der Waals surface area contributed by atoms with Crippen molar-refractivity contribution >= 4 is 17.5 Å². The molecule has 188 valence electrons. The van der Waals surface area contributed by atoms with Crippen LogP contribution < -0.4 is 10.6 Å². The zero-order valence-corrected chi connectivity index (χ0v) is 21.4. The lowest BCUT2D eigenvalue weighted by Gasteiger charge is -2.32. The molecule has 0 saturated heterocycles. The summed E-state index contributed by atoms with van der Waals surface area (Å²) >= 11 is 0. The Balaban J connectivity index is 1.42. The second kappa shape index (κ2) is 10.4. The first kappa shape index (κ1) is 24.4. The van der Waals surface area contributed by atoms with Crippen molar-refractivity contribution in [3.8, 4) is 11.1 Å². The number of hydrogen-bond acceptors (Lipinski definition) is 4. The molecule has 0 spiro atoms. The van der Waals surface area contributed by atoms with Gasteiger partial charge < -0.3 is 10.6 Å². The molecule has 7 heteroatoms. The van der Waals surface area contributed by atoms with E-state index in [1.54, 1.807) is 19.3 Å². The number of carbonyl (C=O) groups is 2. The molecule has 0 aliphatic heterocycles. The molecule has 5 rings (SSSR count). The first-order chi connectivity index (χ1) is 17.9. The van der Waals surface area contributed by atoms with Gasteiger partial charge in [-0.15, -0.1) is 0 Å². The largest absolute Gasteiger partial charge is 0.338 e. The first-order valence-electron chi connectivity index (χ1n) is 12.6. The summed E-state index contributed by atoms with van der Waals surface area (Å²) in [7, 11) is 1.72. The van der Waals surface area contributed by atoms with Crippen molar-refractivity contribution in [2.24, 2.45) is 7.05 Å². The molecule has 2 atom stereocenters. The van der Waals surface area contributed by atoms with Crippen molar-refractivity contribution in [1.82, 2.24) is 20.1 Å². The summed E-state index contributed by atoms with van der Waals surface area (Å²) in [5, 5.41) is 10.2. The topological polar surface area (TPSA) is 88.9 Å². The lowest BCUT2D eigenvalue weighted by atomic mass is 9.78. The Kier molecular flexibility index (Phi) is 6.86. The Labute approximate surface area is 216 Å². The minimum Gasteiger partial charge on any atom is -0.338 e. The van der Waals surface area contributed by atoms with E-state index in [9.17, 15) is 9.59 Å². The number of pyridine rings is 1. The summed E-state index contributed by atoms with van der Waals surface area (Å²) in [5.41, 5.74) is 7.70. The zero-order chi connectivity index (χ0) is 25.9. The molecule has 0 radical (unpaired) electrons. The van der Waals surface area contributed by atoms with Gasteiger partial charge in [-0.25, -0.2) is 0 Å². The molecule has 1 aliphatic carbocycles. The van der Waals surface area contributed by atoms with Crippen LogP contribution >= 0.6 is 0 Å². The molecule has 0 unspecified atom stereocenters. The van der Waals surface area contributed by atoms with Gasteiger partial charge in [-0.1, -0.05) is 36.4 Å². The number of hydrogen-bond donors (Lipinski definition) is 2. The third-order valence-electron chi connectivity index (χ3n) is 7.23. The van der Waals surface area contributed by atoms with E-state index in [1.165, 1.54) is 10.2 Å². The van der Waals surface area contributed by atoms with E-state index in [1.807, 2.05) is 55.6 Å². The predicted molar refractivity (Wildman–Crippen MR) is 144 cm³/mol. The van der Waals surface area contributed by atoms with Crippen LogP contribution in [-0.4, -0.2) is 32.6 Å². The normalized spacial score (nSPS) is 15.5. The molecular formula is C30H31N5O2. The van der Waals surface area contributed by atoms with E-state index in [2.05, 4.69) is 39.8 Å². The fourth-order valence-electron chi connectivity index (χ4n) is 5.37. The third-order valence-corrected chi connectivity index (χ3v) is 7.23. The predicted octanol–water partition coefficient (Wildman–Crippen LogP) is 4.96. The SMILES string of the molecule is Cc1ccnc(C)c1-c1ccc(NC(=O)[C@@H](NC(=O)c2ccnn2C)[C@H]2CCCc3ccccc32)cc1. The van der Waals surface area contributed by atoms with Crippen LogP contribution in [0.2, 0.25) is 0 Å². The zero-order valence-electron chi connectivity index (χ0n) is 21.4. The van der Waals surface area contributed by atoms with Crippen LogP contribution in [0, 0.1) is 13.8 Å². The smallest absolute Gasteiger partial charge is 0.270 e. The molecule has 2 aromatic heterocycles. The van der Waals surface area contributed by atoms with E-state index in [4.69, 9.17) is 0 Å². The van der Waals surface area contributed by atoms with Crippen molar-refractivity contribution in [1.29, 1.82) is 0 Å². The van der Waals surface area contributed by atoms with Gasteiger partial charge in [0.05, 0.1) is 0 Å². The summed E-state index contributed by atoms with van der Waals surface area (Å²) in [4.78, 5) is 31.3. The number of benzene rings is 2. The number of aryl methyl sites for hydroxylation is 4. The lowest BCUT2D eigenvalue weighted by Crippen LogP contribution is -2.48. The van der Waals surface area contributed by atoms with Crippen LogP contribution in [0.5, 0.6) is 0 Å². The monoisotopic (exact) mass is 493 g/mol. The van der Waals surface area contributed by atoms with Gasteiger partial charge in [-0.2, -0.15) is 5.10 Å². The summed E-state index contributed by atoms with van der Waals surface area (Å²) < 4.78 is 1.51. The number of nitrogens with zero attached hydrogens (tertiary/aromatic N) is 3. The summed E-state index contributed by atoms with van der Waals surface area (Å²) in [6.07, 6.45) is 6.15. The van der Waals surface area contributed by atoms with Crippen LogP contribution in [0.4, 0.5) is 5.69 Å². The van der Waals surface area contributed by atoms with Gasteiger partial charge in [0.15, 0.2) is 0 Å². The molecular weight excluding hydrogens is 462 g/mol. The number of anilines is 1. The van der Waals surface area contributed by atoms with E-state index in [-0.39, 0.29) is 17.7 Å².